The summed E-state index contributed by atoms with van der Waals surface area (Å²) in [5.74, 6) is -0.361. The molecule has 1 aliphatic heterocycles. The molecule has 0 N–H and O–H groups in total. The van der Waals surface area contributed by atoms with Crippen molar-refractivity contribution in [2.75, 3.05) is 6.61 Å². The summed E-state index contributed by atoms with van der Waals surface area (Å²) in [6.45, 7) is 4.72. The van der Waals surface area contributed by atoms with Gasteiger partial charge < -0.3 is 9.30 Å². The Morgan fingerprint density at radius 3 is 2.90 bits per heavy atom. The highest BCUT2D eigenvalue weighted by molar-refractivity contribution is 6.07. The van der Waals surface area contributed by atoms with Gasteiger partial charge in [0.25, 0.3) is 5.69 Å². The van der Waals surface area contributed by atoms with Crippen LogP contribution in [0.4, 0.5) is 5.69 Å². The molecule has 2 aromatic rings. The van der Waals surface area contributed by atoms with Gasteiger partial charge in [-0.25, -0.2) is 4.79 Å². The zero-order chi connectivity index (χ0) is 15.1. The highest BCUT2D eigenvalue weighted by atomic mass is 16.6. The molecule has 2 heterocycles. The molecule has 3 rings (SSSR count). The molecule has 0 saturated carbocycles. The van der Waals surface area contributed by atoms with Crippen LogP contribution in [0.15, 0.2) is 12.1 Å². The lowest BCUT2D eigenvalue weighted by molar-refractivity contribution is -0.385. The van der Waals surface area contributed by atoms with E-state index in [0.29, 0.717) is 18.6 Å². The van der Waals surface area contributed by atoms with E-state index in [1.165, 1.54) is 6.07 Å². The fraction of sp³-hybridized carbons (Fsp3) is 0.400. The zero-order valence-corrected chi connectivity index (χ0v) is 12.0. The first kappa shape index (κ1) is 13.6. The van der Waals surface area contributed by atoms with Crippen molar-refractivity contribution < 1.29 is 14.5 Å². The number of hydrogen-bond donors (Lipinski definition) is 0. The third-order valence-electron chi connectivity index (χ3n) is 4.05. The number of aryl methyl sites for hydroxylation is 2. The predicted octanol–water partition coefficient (Wildman–Crippen LogP) is 2.98. The smallest absolute Gasteiger partial charge is 0.340 e. The Morgan fingerprint density at radius 1 is 1.48 bits per heavy atom. The molecule has 0 saturated heterocycles. The number of esters is 1. The molecule has 6 nitrogen and oxygen atoms in total. The first-order valence-corrected chi connectivity index (χ1v) is 7.02. The van der Waals surface area contributed by atoms with Gasteiger partial charge in [-0.1, -0.05) is 0 Å². The second kappa shape index (κ2) is 4.87. The van der Waals surface area contributed by atoms with Crippen LogP contribution in [-0.2, 0) is 17.7 Å². The van der Waals surface area contributed by atoms with Crippen molar-refractivity contribution in [3.8, 4) is 0 Å². The van der Waals surface area contributed by atoms with Crippen LogP contribution in [0.5, 0.6) is 0 Å². The molecule has 1 aliphatic rings. The molecule has 0 radical (unpaired) electrons. The van der Waals surface area contributed by atoms with Crippen LogP contribution < -0.4 is 0 Å². The summed E-state index contributed by atoms with van der Waals surface area (Å²) in [7, 11) is 0. The van der Waals surface area contributed by atoms with Crippen molar-refractivity contribution in [2.24, 2.45) is 0 Å². The van der Waals surface area contributed by atoms with Crippen molar-refractivity contribution in [1.82, 2.24) is 4.57 Å². The Hall–Kier alpha value is -2.37. The Kier molecular flexibility index (Phi) is 3.16. The quantitative estimate of drug-likeness (QED) is 0.494. The molecule has 0 unspecified atom stereocenters. The standard InChI is InChI=1S/C15H16N2O4/c1-3-21-15(18)13-9(2)16-8-4-5-10-12(17(19)20)7-6-11(13)14(10)16/h6-7H,3-5,8H2,1-2H3. The highest BCUT2D eigenvalue weighted by Gasteiger charge is 2.28. The average molecular weight is 288 g/mol. The molecule has 0 amide bonds. The number of hydrogen-bond acceptors (Lipinski definition) is 4. The lowest BCUT2D eigenvalue weighted by Crippen LogP contribution is -2.11. The van der Waals surface area contributed by atoms with Crippen LogP contribution in [0, 0.1) is 17.0 Å². The minimum Gasteiger partial charge on any atom is -0.462 e. The molecule has 0 aliphatic carbocycles. The lowest BCUT2D eigenvalue weighted by Gasteiger charge is -2.16. The van der Waals surface area contributed by atoms with Crippen LogP contribution >= 0.6 is 0 Å². The van der Waals surface area contributed by atoms with Crippen molar-refractivity contribution in [2.45, 2.75) is 33.2 Å². The van der Waals surface area contributed by atoms with Gasteiger partial charge in [0.1, 0.15) is 0 Å². The van der Waals surface area contributed by atoms with Gasteiger partial charge in [0.05, 0.1) is 28.2 Å². The second-order valence-corrected chi connectivity index (χ2v) is 5.15. The molecule has 21 heavy (non-hydrogen) atoms. The topological polar surface area (TPSA) is 74.4 Å². The van der Waals surface area contributed by atoms with E-state index in [0.717, 1.165) is 35.1 Å². The van der Waals surface area contributed by atoms with Gasteiger partial charge in [-0.3, -0.25) is 10.1 Å². The van der Waals surface area contributed by atoms with Gasteiger partial charge in [-0.2, -0.15) is 0 Å². The summed E-state index contributed by atoms with van der Waals surface area (Å²) in [4.78, 5) is 23.0. The molecule has 6 heteroatoms. The van der Waals surface area contributed by atoms with Gasteiger partial charge >= 0.3 is 5.97 Å². The molecule has 110 valence electrons. The summed E-state index contributed by atoms with van der Waals surface area (Å²) in [6.07, 6.45) is 1.50. The average Bonchev–Trinajstić information content (AvgIpc) is 2.74. The fourth-order valence-corrected chi connectivity index (χ4v) is 3.21. The largest absolute Gasteiger partial charge is 0.462 e. The van der Waals surface area contributed by atoms with Crippen molar-refractivity contribution in [3.63, 3.8) is 0 Å². The maximum Gasteiger partial charge on any atom is 0.340 e. The van der Waals surface area contributed by atoms with E-state index in [9.17, 15) is 14.9 Å². The number of carbonyl (C=O) groups excluding carboxylic acids is 1. The van der Waals surface area contributed by atoms with Gasteiger partial charge in [-0.15, -0.1) is 0 Å². The molecule has 0 atom stereocenters. The van der Waals surface area contributed by atoms with E-state index >= 15 is 0 Å². The van der Waals surface area contributed by atoms with Gasteiger partial charge in [0.15, 0.2) is 0 Å². The SMILES string of the molecule is CCOC(=O)c1c(C)n2c3c(c([N+](=O)[O-])ccc13)CCC2. The predicted molar refractivity (Wildman–Crippen MR) is 77.6 cm³/mol. The molecule has 0 bridgehead atoms. The Bertz CT molecular complexity index is 761. The minimum atomic E-state index is -0.361. The molecule has 1 aromatic carbocycles. The lowest BCUT2D eigenvalue weighted by atomic mass is 10.0. The van der Waals surface area contributed by atoms with Gasteiger partial charge in [-0.05, 0) is 32.8 Å². The number of aromatic nitrogens is 1. The second-order valence-electron chi connectivity index (χ2n) is 5.15. The molecule has 1 aromatic heterocycles. The van der Waals surface area contributed by atoms with Crippen molar-refractivity contribution in [1.29, 1.82) is 0 Å². The van der Waals surface area contributed by atoms with Gasteiger partial charge in [0, 0.05) is 23.7 Å². The number of nitrogens with zero attached hydrogens (tertiary/aromatic N) is 2. The van der Waals surface area contributed by atoms with E-state index in [1.54, 1.807) is 13.0 Å². The minimum absolute atomic E-state index is 0.136. The van der Waals surface area contributed by atoms with Gasteiger partial charge in [0.2, 0.25) is 0 Å². The highest BCUT2D eigenvalue weighted by Crippen LogP contribution is 2.37. The number of rotatable bonds is 3. The third-order valence-corrected chi connectivity index (χ3v) is 4.05. The van der Waals surface area contributed by atoms with Crippen molar-refractivity contribution >= 4 is 22.6 Å². The first-order valence-electron chi connectivity index (χ1n) is 7.02. The first-order chi connectivity index (χ1) is 10.1. The molecule has 0 fully saturated rings. The maximum atomic E-state index is 12.2. The molecule has 0 spiro atoms. The van der Waals surface area contributed by atoms with E-state index in [-0.39, 0.29) is 16.6 Å². The van der Waals surface area contributed by atoms with Crippen LogP contribution in [0.1, 0.15) is 35.0 Å². The summed E-state index contributed by atoms with van der Waals surface area (Å²) >= 11 is 0. The Morgan fingerprint density at radius 2 is 2.24 bits per heavy atom. The number of carbonyl (C=O) groups is 1. The fourth-order valence-electron chi connectivity index (χ4n) is 3.21. The van der Waals surface area contributed by atoms with Crippen LogP contribution in [0.25, 0.3) is 10.9 Å². The Labute approximate surface area is 121 Å². The number of nitro benzene ring substituents is 1. The number of benzene rings is 1. The van der Waals surface area contributed by atoms with E-state index in [2.05, 4.69) is 0 Å². The summed E-state index contributed by atoms with van der Waals surface area (Å²) in [6, 6.07) is 3.16. The molecular formula is C15H16N2O4. The Balaban J connectivity index is 2.34. The monoisotopic (exact) mass is 288 g/mol. The zero-order valence-electron chi connectivity index (χ0n) is 12.0. The third kappa shape index (κ3) is 1.90. The van der Waals surface area contributed by atoms with E-state index < -0.39 is 0 Å². The summed E-state index contributed by atoms with van der Waals surface area (Å²) in [5.41, 5.74) is 3.03. The van der Waals surface area contributed by atoms with E-state index in [4.69, 9.17) is 4.74 Å². The van der Waals surface area contributed by atoms with Crippen molar-refractivity contribution in [3.05, 3.63) is 39.1 Å². The maximum absolute atomic E-state index is 12.2. The van der Waals surface area contributed by atoms with Crippen LogP contribution in [0.3, 0.4) is 0 Å². The summed E-state index contributed by atoms with van der Waals surface area (Å²) < 4.78 is 7.13. The normalized spacial score (nSPS) is 13.4. The summed E-state index contributed by atoms with van der Waals surface area (Å²) in [5, 5.41) is 11.9. The van der Waals surface area contributed by atoms with E-state index in [1.807, 2.05) is 11.5 Å². The van der Waals surface area contributed by atoms with Crippen LogP contribution in [0.2, 0.25) is 0 Å². The number of ether oxygens (including phenoxy) is 1. The number of nitro groups is 1. The molecular weight excluding hydrogens is 272 g/mol. The van der Waals surface area contributed by atoms with Crippen LogP contribution in [-0.4, -0.2) is 22.1 Å².